The Hall–Kier alpha value is -2.32. The summed E-state index contributed by atoms with van der Waals surface area (Å²) >= 11 is 0. The standard InChI is InChI=1S/C35H55N3O5/c1-5-6-12-31-35(43-34(40)38(31)25-28-10-8-7-9-11-28)15-19-36(20-16-35)29-13-17-37(18-14-29)33(39)32-26(2)23-30(24-27(32)3)42-22-21-41-4/h23-24,28-29,31H,5-22,25H2,1-4H3. The summed E-state index contributed by atoms with van der Waals surface area (Å²) in [7, 11) is 1.66. The average Bonchev–Trinajstić information content (AvgIpc) is 3.25. The Morgan fingerprint density at radius 1 is 0.977 bits per heavy atom. The van der Waals surface area contributed by atoms with Crippen molar-refractivity contribution in [2.45, 2.75) is 116 Å². The minimum absolute atomic E-state index is 0.0629. The third-order valence-electron chi connectivity index (χ3n) is 10.7. The highest BCUT2D eigenvalue weighted by Crippen LogP contribution is 2.43. The predicted molar refractivity (Wildman–Crippen MR) is 169 cm³/mol. The lowest BCUT2D eigenvalue weighted by atomic mass is 9.80. The summed E-state index contributed by atoms with van der Waals surface area (Å²) in [5.74, 6) is 1.55. The van der Waals surface area contributed by atoms with E-state index in [4.69, 9.17) is 14.2 Å². The van der Waals surface area contributed by atoms with Crippen molar-refractivity contribution in [3.63, 3.8) is 0 Å². The predicted octanol–water partition coefficient (Wildman–Crippen LogP) is 6.36. The molecule has 1 spiro atoms. The van der Waals surface area contributed by atoms with Crippen LogP contribution < -0.4 is 4.74 Å². The molecule has 240 valence electrons. The first-order chi connectivity index (χ1) is 20.8. The van der Waals surface area contributed by atoms with Gasteiger partial charge in [-0.25, -0.2) is 4.79 Å². The zero-order valence-electron chi connectivity index (χ0n) is 27.2. The molecule has 4 aliphatic rings. The van der Waals surface area contributed by atoms with Crippen molar-refractivity contribution >= 4 is 12.0 Å². The molecule has 5 rings (SSSR count). The Balaban J connectivity index is 1.15. The number of amides is 2. The molecule has 1 saturated carbocycles. The van der Waals surface area contributed by atoms with Crippen LogP contribution in [0.2, 0.25) is 0 Å². The van der Waals surface area contributed by atoms with Crippen LogP contribution in [0.4, 0.5) is 4.79 Å². The molecule has 0 aromatic heterocycles. The number of nitrogens with zero attached hydrogens (tertiary/aromatic N) is 3. The number of likely N-dealkylation sites (tertiary alicyclic amines) is 2. The van der Waals surface area contributed by atoms with E-state index in [-0.39, 0.29) is 23.6 Å². The first-order valence-corrected chi connectivity index (χ1v) is 17.1. The van der Waals surface area contributed by atoms with Crippen LogP contribution in [-0.2, 0) is 9.47 Å². The Morgan fingerprint density at radius 3 is 2.28 bits per heavy atom. The van der Waals surface area contributed by atoms with Gasteiger partial charge in [0.25, 0.3) is 5.91 Å². The van der Waals surface area contributed by atoms with E-state index in [0.717, 1.165) is 100 Å². The average molecular weight is 598 g/mol. The number of ether oxygens (including phenoxy) is 3. The zero-order chi connectivity index (χ0) is 30.4. The van der Waals surface area contributed by atoms with Crippen LogP contribution >= 0.6 is 0 Å². The number of hydrogen-bond donors (Lipinski definition) is 0. The van der Waals surface area contributed by atoms with Crippen LogP contribution in [0.3, 0.4) is 0 Å². The number of benzene rings is 1. The molecule has 1 aromatic carbocycles. The second-order valence-electron chi connectivity index (χ2n) is 13.6. The van der Waals surface area contributed by atoms with Gasteiger partial charge >= 0.3 is 6.09 Å². The molecule has 8 nitrogen and oxygen atoms in total. The smallest absolute Gasteiger partial charge is 0.410 e. The number of hydrogen-bond acceptors (Lipinski definition) is 6. The number of rotatable bonds is 11. The molecule has 3 saturated heterocycles. The summed E-state index contributed by atoms with van der Waals surface area (Å²) in [5, 5.41) is 0. The molecular weight excluding hydrogens is 542 g/mol. The number of carbonyl (C=O) groups is 2. The van der Waals surface area contributed by atoms with Gasteiger partial charge in [0.1, 0.15) is 18.0 Å². The first-order valence-electron chi connectivity index (χ1n) is 17.1. The van der Waals surface area contributed by atoms with Crippen molar-refractivity contribution in [2.75, 3.05) is 53.0 Å². The summed E-state index contributed by atoms with van der Waals surface area (Å²) in [5.41, 5.74) is 2.39. The summed E-state index contributed by atoms with van der Waals surface area (Å²) in [6, 6.07) is 4.62. The van der Waals surface area contributed by atoms with Crippen molar-refractivity contribution in [2.24, 2.45) is 5.92 Å². The van der Waals surface area contributed by atoms with Gasteiger partial charge in [-0.1, -0.05) is 39.0 Å². The first kappa shape index (κ1) is 32.1. The second-order valence-corrected chi connectivity index (χ2v) is 13.6. The molecule has 2 amide bonds. The minimum atomic E-state index is -0.331. The highest BCUT2D eigenvalue weighted by Gasteiger charge is 2.55. The Morgan fingerprint density at radius 2 is 1.65 bits per heavy atom. The molecule has 8 heteroatoms. The third kappa shape index (κ3) is 7.33. The fourth-order valence-electron chi connectivity index (χ4n) is 8.26. The minimum Gasteiger partial charge on any atom is -0.491 e. The lowest BCUT2D eigenvalue weighted by Crippen LogP contribution is -2.56. The summed E-state index contributed by atoms with van der Waals surface area (Å²) < 4.78 is 17.2. The maximum absolute atomic E-state index is 13.6. The lowest BCUT2D eigenvalue weighted by Gasteiger charge is -2.46. The summed E-state index contributed by atoms with van der Waals surface area (Å²) in [6.45, 7) is 11.6. The largest absolute Gasteiger partial charge is 0.491 e. The molecule has 1 unspecified atom stereocenters. The molecule has 3 aliphatic heterocycles. The second kappa shape index (κ2) is 14.6. The topological polar surface area (TPSA) is 71.6 Å². The zero-order valence-corrected chi connectivity index (χ0v) is 27.2. The van der Waals surface area contributed by atoms with Gasteiger partial charge in [0.05, 0.1) is 12.6 Å². The van der Waals surface area contributed by atoms with Gasteiger partial charge < -0.3 is 24.0 Å². The summed E-state index contributed by atoms with van der Waals surface area (Å²) in [6.07, 6.45) is 13.5. The van der Waals surface area contributed by atoms with E-state index in [1.807, 2.05) is 30.9 Å². The molecule has 1 aromatic rings. The van der Waals surface area contributed by atoms with E-state index in [1.165, 1.54) is 32.1 Å². The van der Waals surface area contributed by atoms with E-state index < -0.39 is 0 Å². The molecule has 3 heterocycles. The maximum Gasteiger partial charge on any atom is 0.410 e. The molecule has 1 atom stereocenters. The van der Waals surface area contributed by atoms with Crippen molar-refractivity contribution in [1.82, 2.24) is 14.7 Å². The van der Waals surface area contributed by atoms with E-state index in [0.29, 0.717) is 25.2 Å². The highest BCUT2D eigenvalue weighted by atomic mass is 16.6. The fourth-order valence-corrected chi connectivity index (χ4v) is 8.26. The quantitative estimate of drug-likeness (QED) is 0.277. The van der Waals surface area contributed by atoms with Crippen LogP contribution in [-0.4, -0.2) is 97.4 Å². The van der Waals surface area contributed by atoms with Gasteiger partial charge in [0.15, 0.2) is 0 Å². The third-order valence-corrected chi connectivity index (χ3v) is 10.7. The lowest BCUT2D eigenvalue weighted by molar-refractivity contribution is -0.0385. The van der Waals surface area contributed by atoms with Crippen LogP contribution in [0.5, 0.6) is 5.75 Å². The van der Waals surface area contributed by atoms with E-state index in [1.54, 1.807) is 7.11 Å². The highest BCUT2D eigenvalue weighted by molar-refractivity contribution is 5.97. The van der Waals surface area contributed by atoms with Crippen molar-refractivity contribution in [3.8, 4) is 5.75 Å². The number of aryl methyl sites for hydroxylation is 2. The summed E-state index contributed by atoms with van der Waals surface area (Å²) in [4.78, 5) is 33.6. The molecule has 0 bridgehead atoms. The van der Waals surface area contributed by atoms with Crippen LogP contribution in [0, 0.1) is 19.8 Å². The van der Waals surface area contributed by atoms with Gasteiger partial charge in [-0.3, -0.25) is 9.69 Å². The molecular formula is C35H55N3O5. The number of methoxy groups -OCH3 is 1. The Labute approximate surface area is 259 Å². The number of unbranched alkanes of at least 4 members (excludes halogenated alkanes) is 1. The van der Waals surface area contributed by atoms with E-state index in [9.17, 15) is 9.59 Å². The number of carbonyl (C=O) groups excluding carboxylic acids is 2. The van der Waals surface area contributed by atoms with Gasteiger partial charge in [-0.05, 0) is 75.1 Å². The van der Waals surface area contributed by atoms with Crippen LogP contribution in [0.1, 0.15) is 105 Å². The monoisotopic (exact) mass is 597 g/mol. The van der Waals surface area contributed by atoms with Crippen LogP contribution in [0.25, 0.3) is 0 Å². The molecule has 0 radical (unpaired) electrons. The van der Waals surface area contributed by atoms with E-state index >= 15 is 0 Å². The van der Waals surface area contributed by atoms with Crippen LogP contribution in [0.15, 0.2) is 12.1 Å². The molecule has 1 aliphatic carbocycles. The van der Waals surface area contributed by atoms with Gasteiger partial charge in [0, 0.05) is 64.3 Å². The van der Waals surface area contributed by atoms with Gasteiger partial charge in [0.2, 0.25) is 0 Å². The normalized spacial score (nSPS) is 23.6. The molecule has 4 fully saturated rings. The van der Waals surface area contributed by atoms with Crippen molar-refractivity contribution in [3.05, 3.63) is 28.8 Å². The molecule has 0 N–H and O–H groups in total. The maximum atomic E-state index is 13.6. The fraction of sp³-hybridized carbons (Fsp3) is 0.771. The molecule has 43 heavy (non-hydrogen) atoms. The Bertz CT molecular complexity index is 1060. The number of piperidine rings is 2. The Kier molecular flexibility index (Phi) is 10.9. The van der Waals surface area contributed by atoms with E-state index in [2.05, 4.69) is 16.7 Å². The van der Waals surface area contributed by atoms with Crippen molar-refractivity contribution < 1.29 is 23.8 Å². The van der Waals surface area contributed by atoms with Crippen molar-refractivity contribution in [1.29, 1.82) is 0 Å². The van der Waals surface area contributed by atoms with Gasteiger partial charge in [-0.2, -0.15) is 0 Å². The SMILES string of the molecule is CCCCC1N(CC2CCCCC2)C(=O)OC12CCN(C1CCN(C(=O)c3c(C)cc(OCCOC)cc3C)CC1)CC2. The van der Waals surface area contributed by atoms with Gasteiger partial charge in [-0.15, -0.1) is 0 Å².